The Labute approximate surface area is 92.3 Å². The van der Waals surface area contributed by atoms with Gasteiger partial charge in [0.25, 0.3) is 0 Å². The van der Waals surface area contributed by atoms with Crippen LogP contribution in [0.3, 0.4) is 0 Å². The van der Waals surface area contributed by atoms with Crippen molar-refractivity contribution in [1.82, 2.24) is 4.98 Å². The molecule has 82 valence electrons. The standard InChI is InChI=1S/C10H14N2O2S/c13-9(14)8-6-15-10(12-8)11-5-4-7-2-1-3-7/h6-7H,1-5H2,(H,11,12)(H,13,14). The first-order chi connectivity index (χ1) is 7.25. The molecule has 1 aromatic heterocycles. The number of hydrogen-bond acceptors (Lipinski definition) is 4. The van der Waals surface area contributed by atoms with Crippen LogP contribution in [0.5, 0.6) is 0 Å². The maximum Gasteiger partial charge on any atom is 0.355 e. The van der Waals surface area contributed by atoms with Crippen molar-refractivity contribution in [2.75, 3.05) is 11.9 Å². The Kier molecular flexibility index (Phi) is 3.20. The molecule has 1 aliphatic carbocycles. The number of nitrogens with zero attached hydrogens (tertiary/aromatic N) is 1. The minimum atomic E-state index is -0.960. The fraction of sp³-hybridized carbons (Fsp3) is 0.600. The molecular weight excluding hydrogens is 212 g/mol. The molecule has 0 bridgehead atoms. The number of carboxylic acid groups (broad SMARTS) is 1. The van der Waals surface area contributed by atoms with E-state index in [9.17, 15) is 4.79 Å². The van der Waals surface area contributed by atoms with Gasteiger partial charge < -0.3 is 10.4 Å². The molecule has 1 aliphatic rings. The third-order valence-corrected chi connectivity index (χ3v) is 3.58. The number of nitrogens with one attached hydrogen (secondary N) is 1. The summed E-state index contributed by atoms with van der Waals surface area (Å²) in [5.41, 5.74) is 0.131. The number of thiazole rings is 1. The number of rotatable bonds is 5. The quantitative estimate of drug-likeness (QED) is 0.809. The minimum absolute atomic E-state index is 0.131. The van der Waals surface area contributed by atoms with Gasteiger partial charge >= 0.3 is 5.97 Å². The fourth-order valence-electron chi connectivity index (χ4n) is 1.62. The van der Waals surface area contributed by atoms with Gasteiger partial charge in [0, 0.05) is 11.9 Å². The van der Waals surface area contributed by atoms with Crippen LogP contribution in [-0.4, -0.2) is 22.6 Å². The molecule has 2 rings (SSSR count). The lowest BCUT2D eigenvalue weighted by Crippen LogP contribution is -2.15. The Morgan fingerprint density at radius 2 is 2.47 bits per heavy atom. The van der Waals surface area contributed by atoms with E-state index in [1.165, 1.54) is 37.0 Å². The lowest BCUT2D eigenvalue weighted by molar-refractivity contribution is 0.0691. The summed E-state index contributed by atoms with van der Waals surface area (Å²) >= 11 is 1.35. The van der Waals surface area contributed by atoms with Crippen molar-refractivity contribution in [1.29, 1.82) is 0 Å². The Morgan fingerprint density at radius 1 is 1.67 bits per heavy atom. The van der Waals surface area contributed by atoms with E-state index in [0.29, 0.717) is 5.13 Å². The van der Waals surface area contributed by atoms with Crippen molar-refractivity contribution in [3.8, 4) is 0 Å². The third-order valence-electron chi connectivity index (χ3n) is 2.78. The van der Waals surface area contributed by atoms with Gasteiger partial charge in [-0.3, -0.25) is 0 Å². The van der Waals surface area contributed by atoms with Crippen LogP contribution in [0.1, 0.15) is 36.2 Å². The van der Waals surface area contributed by atoms with Crippen LogP contribution in [0.25, 0.3) is 0 Å². The van der Waals surface area contributed by atoms with Gasteiger partial charge in [0.2, 0.25) is 0 Å². The van der Waals surface area contributed by atoms with E-state index in [4.69, 9.17) is 5.11 Å². The van der Waals surface area contributed by atoms with Gasteiger partial charge in [-0.05, 0) is 12.3 Å². The number of aromatic carboxylic acids is 1. The summed E-state index contributed by atoms with van der Waals surface area (Å²) in [4.78, 5) is 14.5. The zero-order chi connectivity index (χ0) is 10.7. The van der Waals surface area contributed by atoms with Crippen LogP contribution < -0.4 is 5.32 Å². The molecular formula is C10H14N2O2S. The monoisotopic (exact) mass is 226 g/mol. The second kappa shape index (κ2) is 4.61. The van der Waals surface area contributed by atoms with E-state index in [-0.39, 0.29) is 5.69 Å². The van der Waals surface area contributed by atoms with Crippen molar-refractivity contribution < 1.29 is 9.90 Å². The van der Waals surface area contributed by atoms with Crippen LogP contribution in [0.2, 0.25) is 0 Å². The Morgan fingerprint density at radius 3 is 3.00 bits per heavy atom. The Balaban J connectivity index is 1.75. The highest BCUT2D eigenvalue weighted by Crippen LogP contribution is 2.29. The van der Waals surface area contributed by atoms with Gasteiger partial charge in [-0.15, -0.1) is 11.3 Å². The van der Waals surface area contributed by atoms with Crippen LogP contribution >= 0.6 is 11.3 Å². The minimum Gasteiger partial charge on any atom is -0.476 e. The van der Waals surface area contributed by atoms with Gasteiger partial charge in [-0.1, -0.05) is 19.3 Å². The number of carboxylic acids is 1. The molecule has 4 nitrogen and oxygen atoms in total. The maximum atomic E-state index is 10.6. The third kappa shape index (κ3) is 2.68. The highest BCUT2D eigenvalue weighted by atomic mass is 32.1. The van der Waals surface area contributed by atoms with Crippen molar-refractivity contribution in [2.24, 2.45) is 5.92 Å². The summed E-state index contributed by atoms with van der Waals surface area (Å²) in [7, 11) is 0. The maximum absolute atomic E-state index is 10.6. The summed E-state index contributed by atoms with van der Waals surface area (Å²) in [6.45, 7) is 0.900. The average molecular weight is 226 g/mol. The Hall–Kier alpha value is -1.10. The zero-order valence-electron chi connectivity index (χ0n) is 8.40. The van der Waals surface area contributed by atoms with Crippen LogP contribution in [0.4, 0.5) is 5.13 Å². The molecule has 0 radical (unpaired) electrons. The highest BCUT2D eigenvalue weighted by molar-refractivity contribution is 7.13. The summed E-state index contributed by atoms with van der Waals surface area (Å²) < 4.78 is 0. The largest absolute Gasteiger partial charge is 0.476 e. The van der Waals surface area contributed by atoms with Crippen LogP contribution in [0, 0.1) is 5.92 Å². The lowest BCUT2D eigenvalue weighted by Gasteiger charge is -2.24. The molecule has 1 fully saturated rings. The number of aromatic nitrogens is 1. The first-order valence-corrected chi connectivity index (χ1v) is 6.06. The zero-order valence-corrected chi connectivity index (χ0v) is 9.22. The fourth-order valence-corrected chi connectivity index (χ4v) is 2.33. The molecule has 5 heteroatoms. The van der Waals surface area contributed by atoms with Crippen molar-refractivity contribution in [3.63, 3.8) is 0 Å². The molecule has 0 aliphatic heterocycles. The smallest absolute Gasteiger partial charge is 0.355 e. The molecule has 0 spiro atoms. The van der Waals surface area contributed by atoms with Crippen LogP contribution in [0.15, 0.2) is 5.38 Å². The summed E-state index contributed by atoms with van der Waals surface area (Å²) in [5, 5.41) is 14.1. The second-order valence-corrected chi connectivity index (χ2v) is 4.71. The van der Waals surface area contributed by atoms with E-state index in [0.717, 1.165) is 12.5 Å². The molecule has 15 heavy (non-hydrogen) atoms. The molecule has 0 unspecified atom stereocenters. The number of hydrogen-bond donors (Lipinski definition) is 2. The van der Waals surface area contributed by atoms with Gasteiger partial charge in [-0.25, -0.2) is 9.78 Å². The summed E-state index contributed by atoms with van der Waals surface area (Å²) in [5.74, 6) is -0.0882. The van der Waals surface area contributed by atoms with Gasteiger partial charge in [0.05, 0.1) is 0 Å². The summed E-state index contributed by atoms with van der Waals surface area (Å²) in [6.07, 6.45) is 5.23. The molecule has 1 aromatic rings. The normalized spacial score (nSPS) is 16.0. The molecule has 0 atom stereocenters. The van der Waals surface area contributed by atoms with Crippen molar-refractivity contribution in [2.45, 2.75) is 25.7 Å². The van der Waals surface area contributed by atoms with E-state index in [2.05, 4.69) is 10.3 Å². The Bertz CT molecular complexity index is 347. The molecule has 1 saturated carbocycles. The molecule has 1 heterocycles. The average Bonchev–Trinajstić information content (AvgIpc) is 2.57. The van der Waals surface area contributed by atoms with E-state index < -0.39 is 5.97 Å². The van der Waals surface area contributed by atoms with Crippen molar-refractivity contribution >= 4 is 22.4 Å². The molecule has 2 N–H and O–H groups in total. The predicted octanol–water partition coefficient (Wildman–Crippen LogP) is 2.44. The molecule has 0 aromatic carbocycles. The van der Waals surface area contributed by atoms with Crippen molar-refractivity contribution in [3.05, 3.63) is 11.1 Å². The SMILES string of the molecule is O=C(O)c1csc(NCCC2CCC2)n1. The first-order valence-electron chi connectivity index (χ1n) is 5.18. The number of carbonyl (C=O) groups is 1. The topological polar surface area (TPSA) is 62.2 Å². The summed E-state index contributed by atoms with van der Waals surface area (Å²) in [6, 6.07) is 0. The molecule has 0 amide bonds. The lowest BCUT2D eigenvalue weighted by atomic mass is 9.83. The van der Waals surface area contributed by atoms with Gasteiger partial charge in [0.15, 0.2) is 10.8 Å². The van der Waals surface area contributed by atoms with E-state index in [1.807, 2.05) is 0 Å². The van der Waals surface area contributed by atoms with E-state index >= 15 is 0 Å². The van der Waals surface area contributed by atoms with Gasteiger partial charge in [-0.2, -0.15) is 0 Å². The first kappa shape index (κ1) is 10.4. The van der Waals surface area contributed by atoms with E-state index in [1.54, 1.807) is 5.38 Å². The van der Waals surface area contributed by atoms with Crippen LogP contribution in [-0.2, 0) is 0 Å². The molecule has 0 saturated heterocycles. The second-order valence-electron chi connectivity index (χ2n) is 3.86. The predicted molar refractivity (Wildman–Crippen MR) is 59.5 cm³/mol. The van der Waals surface area contributed by atoms with Gasteiger partial charge in [0.1, 0.15) is 0 Å². The highest BCUT2D eigenvalue weighted by Gasteiger charge is 2.16. The number of anilines is 1.